The molecule has 0 radical (unpaired) electrons. The van der Waals surface area contributed by atoms with E-state index in [4.69, 9.17) is 9.47 Å². The second-order valence-corrected chi connectivity index (χ2v) is 4.81. The minimum atomic E-state index is 0.125. The number of aromatic nitrogens is 2. The lowest BCUT2D eigenvalue weighted by Gasteiger charge is -2.22. The van der Waals surface area contributed by atoms with Crippen LogP contribution < -0.4 is 5.32 Å². The smallest absolute Gasteiger partial charge is 0.202 e. The normalized spacial score (nSPS) is 21.3. The summed E-state index contributed by atoms with van der Waals surface area (Å²) in [5.41, 5.74) is 0. The Hall–Kier alpha value is -0.720. The third kappa shape index (κ3) is 3.13. The van der Waals surface area contributed by atoms with Crippen molar-refractivity contribution in [3.8, 4) is 0 Å². The molecule has 0 spiro atoms. The van der Waals surface area contributed by atoms with Crippen molar-refractivity contribution in [1.82, 2.24) is 9.36 Å². The molecule has 1 saturated heterocycles. The molecule has 1 aliphatic rings. The third-order valence-corrected chi connectivity index (χ3v) is 3.01. The molecule has 2 heterocycles. The van der Waals surface area contributed by atoms with E-state index in [1.165, 1.54) is 11.5 Å². The monoisotopic (exact) mass is 243 g/mol. The van der Waals surface area contributed by atoms with Crippen LogP contribution in [0.2, 0.25) is 0 Å². The number of hydrogen-bond donors (Lipinski definition) is 1. The second-order valence-electron chi connectivity index (χ2n) is 4.06. The summed E-state index contributed by atoms with van der Waals surface area (Å²) in [6.45, 7) is 6.94. The van der Waals surface area contributed by atoms with Gasteiger partial charge in [-0.25, -0.2) is 4.98 Å². The molecule has 0 saturated carbocycles. The molecule has 0 amide bonds. The molecule has 90 valence electrons. The maximum atomic E-state index is 5.52. The van der Waals surface area contributed by atoms with Crippen molar-refractivity contribution in [3.05, 3.63) is 5.82 Å². The van der Waals surface area contributed by atoms with Crippen LogP contribution in [0.15, 0.2) is 0 Å². The zero-order valence-electron chi connectivity index (χ0n) is 9.60. The topological polar surface area (TPSA) is 56.3 Å². The summed E-state index contributed by atoms with van der Waals surface area (Å²) >= 11 is 1.40. The summed E-state index contributed by atoms with van der Waals surface area (Å²) in [4.78, 5) is 4.39. The highest BCUT2D eigenvalue weighted by molar-refractivity contribution is 7.09. The van der Waals surface area contributed by atoms with Crippen molar-refractivity contribution in [3.63, 3.8) is 0 Å². The molecule has 5 nitrogen and oxygen atoms in total. The standard InChI is InChI=1S/C10H17N3O2S/c1-7(2)9-12-10(16-13-9)11-5-8-6-14-3-4-15-8/h7-8H,3-6H2,1-2H3,(H,11,12,13). The fourth-order valence-corrected chi connectivity index (χ4v) is 2.11. The van der Waals surface area contributed by atoms with Gasteiger partial charge in [0.05, 0.1) is 25.9 Å². The van der Waals surface area contributed by atoms with Crippen LogP contribution >= 0.6 is 11.5 Å². The van der Waals surface area contributed by atoms with E-state index < -0.39 is 0 Å². The van der Waals surface area contributed by atoms with Crippen LogP contribution in [0, 0.1) is 0 Å². The summed E-state index contributed by atoms with van der Waals surface area (Å²) in [5, 5.41) is 4.09. The van der Waals surface area contributed by atoms with Crippen molar-refractivity contribution in [2.24, 2.45) is 0 Å². The van der Waals surface area contributed by atoms with E-state index in [1.807, 2.05) is 0 Å². The lowest BCUT2D eigenvalue weighted by molar-refractivity contribution is -0.0818. The number of anilines is 1. The first kappa shape index (κ1) is 11.8. The molecule has 0 bridgehead atoms. The second kappa shape index (κ2) is 5.56. The van der Waals surface area contributed by atoms with Crippen LogP contribution in [-0.4, -0.2) is 41.8 Å². The third-order valence-electron chi connectivity index (χ3n) is 2.32. The van der Waals surface area contributed by atoms with E-state index in [0.29, 0.717) is 25.7 Å². The van der Waals surface area contributed by atoms with Gasteiger partial charge >= 0.3 is 0 Å². The molecule has 1 atom stereocenters. The van der Waals surface area contributed by atoms with Gasteiger partial charge in [-0.3, -0.25) is 0 Å². The van der Waals surface area contributed by atoms with E-state index >= 15 is 0 Å². The highest BCUT2D eigenvalue weighted by atomic mass is 32.1. The summed E-state index contributed by atoms with van der Waals surface area (Å²) in [7, 11) is 0. The quantitative estimate of drug-likeness (QED) is 0.868. The molecular weight excluding hydrogens is 226 g/mol. The first-order valence-corrected chi connectivity index (χ1v) is 6.30. The molecule has 0 aliphatic carbocycles. The number of ether oxygens (including phenoxy) is 2. The van der Waals surface area contributed by atoms with Gasteiger partial charge in [-0.05, 0) is 0 Å². The summed E-state index contributed by atoms with van der Waals surface area (Å²) < 4.78 is 15.1. The van der Waals surface area contributed by atoms with Gasteiger partial charge in [-0.2, -0.15) is 4.37 Å². The molecule has 1 unspecified atom stereocenters. The van der Waals surface area contributed by atoms with E-state index in [1.54, 1.807) is 0 Å². The molecule has 2 rings (SSSR count). The largest absolute Gasteiger partial charge is 0.376 e. The van der Waals surface area contributed by atoms with E-state index in [2.05, 4.69) is 28.5 Å². The Morgan fingerprint density at radius 2 is 2.38 bits per heavy atom. The van der Waals surface area contributed by atoms with E-state index in [0.717, 1.165) is 17.5 Å². The zero-order chi connectivity index (χ0) is 11.4. The molecule has 1 aliphatic heterocycles. The molecule has 1 aromatic heterocycles. The van der Waals surface area contributed by atoms with Gasteiger partial charge in [0, 0.05) is 24.0 Å². The van der Waals surface area contributed by atoms with E-state index in [9.17, 15) is 0 Å². The first-order chi connectivity index (χ1) is 7.75. The average molecular weight is 243 g/mol. The Bertz CT molecular complexity index is 324. The Labute approximate surface area is 99.3 Å². The Morgan fingerprint density at radius 1 is 1.50 bits per heavy atom. The number of rotatable bonds is 4. The van der Waals surface area contributed by atoms with Gasteiger partial charge < -0.3 is 14.8 Å². The van der Waals surface area contributed by atoms with Crippen LogP contribution in [-0.2, 0) is 9.47 Å². The number of nitrogens with one attached hydrogen (secondary N) is 1. The zero-order valence-corrected chi connectivity index (χ0v) is 10.4. The SMILES string of the molecule is CC(C)c1nsc(NCC2COCCO2)n1. The number of nitrogens with zero attached hydrogens (tertiary/aromatic N) is 2. The Kier molecular flexibility index (Phi) is 4.09. The van der Waals surface area contributed by atoms with Crippen LogP contribution in [0.3, 0.4) is 0 Å². The van der Waals surface area contributed by atoms with Gasteiger partial charge in [0.2, 0.25) is 5.13 Å². The van der Waals surface area contributed by atoms with Crippen molar-refractivity contribution < 1.29 is 9.47 Å². The molecule has 1 N–H and O–H groups in total. The predicted molar refractivity (Wildman–Crippen MR) is 63.0 cm³/mol. The van der Waals surface area contributed by atoms with E-state index in [-0.39, 0.29) is 6.10 Å². The van der Waals surface area contributed by atoms with Gasteiger partial charge in [0.15, 0.2) is 0 Å². The fraction of sp³-hybridized carbons (Fsp3) is 0.800. The van der Waals surface area contributed by atoms with Crippen molar-refractivity contribution in [2.75, 3.05) is 31.7 Å². The minimum absolute atomic E-state index is 0.125. The van der Waals surface area contributed by atoms with Crippen LogP contribution in [0.4, 0.5) is 5.13 Å². The number of hydrogen-bond acceptors (Lipinski definition) is 6. The molecule has 1 fully saturated rings. The van der Waals surface area contributed by atoms with Crippen molar-refractivity contribution >= 4 is 16.7 Å². The lowest BCUT2D eigenvalue weighted by atomic mass is 10.2. The minimum Gasteiger partial charge on any atom is -0.376 e. The van der Waals surface area contributed by atoms with Crippen LogP contribution in [0.1, 0.15) is 25.6 Å². The fourth-order valence-electron chi connectivity index (χ4n) is 1.40. The van der Waals surface area contributed by atoms with Crippen molar-refractivity contribution in [2.45, 2.75) is 25.9 Å². The van der Waals surface area contributed by atoms with Crippen molar-refractivity contribution in [1.29, 1.82) is 0 Å². The van der Waals surface area contributed by atoms with Gasteiger partial charge in [0.1, 0.15) is 5.82 Å². The summed E-state index contributed by atoms with van der Waals surface area (Å²) in [6, 6.07) is 0. The first-order valence-electron chi connectivity index (χ1n) is 5.52. The molecule has 16 heavy (non-hydrogen) atoms. The van der Waals surface area contributed by atoms with Gasteiger partial charge in [0.25, 0.3) is 0 Å². The summed E-state index contributed by atoms with van der Waals surface area (Å²) in [6.07, 6.45) is 0.125. The Morgan fingerprint density at radius 3 is 3.00 bits per heavy atom. The van der Waals surface area contributed by atoms with Crippen LogP contribution in [0.5, 0.6) is 0 Å². The molecule has 1 aromatic rings. The lowest BCUT2D eigenvalue weighted by Crippen LogP contribution is -2.34. The average Bonchev–Trinajstić information content (AvgIpc) is 2.76. The maximum absolute atomic E-state index is 5.52. The van der Waals surface area contributed by atoms with Gasteiger partial charge in [-0.1, -0.05) is 13.8 Å². The highest BCUT2D eigenvalue weighted by Crippen LogP contribution is 2.17. The Balaban J connectivity index is 1.79. The molecule has 0 aromatic carbocycles. The maximum Gasteiger partial charge on any atom is 0.202 e. The molecular formula is C10H17N3O2S. The highest BCUT2D eigenvalue weighted by Gasteiger charge is 2.15. The summed E-state index contributed by atoms with van der Waals surface area (Å²) in [5.74, 6) is 1.27. The van der Waals surface area contributed by atoms with Crippen LogP contribution in [0.25, 0.3) is 0 Å². The predicted octanol–water partition coefficient (Wildman–Crippen LogP) is 1.49. The van der Waals surface area contributed by atoms with Gasteiger partial charge in [-0.15, -0.1) is 0 Å². The molecule has 6 heteroatoms.